The third-order valence-electron chi connectivity index (χ3n) is 2.97. The monoisotopic (exact) mass is 204 g/mol. The summed E-state index contributed by atoms with van der Waals surface area (Å²) in [5.41, 5.74) is 0. The van der Waals surface area contributed by atoms with Gasteiger partial charge < -0.3 is 10.6 Å². The molecule has 0 bridgehead atoms. The van der Waals surface area contributed by atoms with Crippen molar-refractivity contribution >= 4 is 5.91 Å². The number of carbonyl (C=O) groups excluding carboxylic acids is 1. The molecule has 2 N–H and O–H groups in total. The van der Waals surface area contributed by atoms with E-state index in [1.807, 2.05) is 0 Å². The number of rotatable bonds is 2. The standard InChI is InChI=1S/C9H14F2N2O/c10-9(11)4-1-2-7(9)13-8(14)6-3-5-12-6/h6-7,12H,1-5H2,(H,13,14). The van der Waals surface area contributed by atoms with Crippen molar-refractivity contribution in [3.05, 3.63) is 0 Å². The molecule has 3 nitrogen and oxygen atoms in total. The Morgan fingerprint density at radius 3 is 2.57 bits per heavy atom. The van der Waals surface area contributed by atoms with Gasteiger partial charge in [0, 0.05) is 6.42 Å². The van der Waals surface area contributed by atoms with Crippen molar-refractivity contribution in [1.29, 1.82) is 0 Å². The molecule has 1 heterocycles. The zero-order valence-corrected chi connectivity index (χ0v) is 7.85. The molecule has 2 unspecified atom stereocenters. The number of amides is 1. The summed E-state index contributed by atoms with van der Waals surface area (Å²) in [6.07, 6.45) is 1.54. The normalized spacial score (nSPS) is 35.0. The van der Waals surface area contributed by atoms with Crippen LogP contribution in [0.1, 0.15) is 25.7 Å². The summed E-state index contributed by atoms with van der Waals surface area (Å²) in [6.45, 7) is 0.805. The van der Waals surface area contributed by atoms with Crippen LogP contribution in [0.5, 0.6) is 0 Å². The number of alkyl halides is 2. The number of halogens is 2. The van der Waals surface area contributed by atoms with Crippen molar-refractivity contribution in [1.82, 2.24) is 10.6 Å². The third-order valence-corrected chi connectivity index (χ3v) is 2.97. The number of carbonyl (C=O) groups is 1. The van der Waals surface area contributed by atoms with E-state index in [9.17, 15) is 13.6 Å². The van der Waals surface area contributed by atoms with Gasteiger partial charge in [0.05, 0.1) is 12.1 Å². The average molecular weight is 204 g/mol. The average Bonchev–Trinajstić information content (AvgIpc) is 2.27. The van der Waals surface area contributed by atoms with Crippen LogP contribution in [0.15, 0.2) is 0 Å². The molecule has 1 aliphatic heterocycles. The van der Waals surface area contributed by atoms with Gasteiger partial charge >= 0.3 is 0 Å². The Labute approximate surface area is 81.2 Å². The molecule has 2 fully saturated rings. The highest BCUT2D eigenvalue weighted by molar-refractivity contribution is 5.83. The number of nitrogens with one attached hydrogen (secondary N) is 2. The molecule has 1 saturated heterocycles. The van der Waals surface area contributed by atoms with Crippen molar-refractivity contribution in [2.75, 3.05) is 6.54 Å². The van der Waals surface area contributed by atoms with Crippen LogP contribution in [0.25, 0.3) is 0 Å². The molecule has 80 valence electrons. The third kappa shape index (κ3) is 1.73. The van der Waals surface area contributed by atoms with Gasteiger partial charge in [-0.3, -0.25) is 4.79 Å². The fourth-order valence-corrected chi connectivity index (χ4v) is 1.89. The second-order valence-corrected chi connectivity index (χ2v) is 4.01. The minimum atomic E-state index is -2.71. The maximum absolute atomic E-state index is 13.1. The first kappa shape index (κ1) is 9.83. The lowest BCUT2D eigenvalue weighted by molar-refractivity contribution is -0.128. The highest BCUT2D eigenvalue weighted by atomic mass is 19.3. The molecule has 0 aromatic heterocycles. The Morgan fingerprint density at radius 1 is 1.43 bits per heavy atom. The smallest absolute Gasteiger partial charge is 0.267 e. The summed E-state index contributed by atoms with van der Waals surface area (Å²) in [6, 6.07) is -1.19. The van der Waals surface area contributed by atoms with E-state index in [1.54, 1.807) is 0 Å². The van der Waals surface area contributed by atoms with E-state index >= 15 is 0 Å². The molecule has 1 amide bonds. The Hall–Kier alpha value is -0.710. The van der Waals surface area contributed by atoms with Gasteiger partial charge in [0.2, 0.25) is 5.91 Å². The van der Waals surface area contributed by atoms with Crippen LogP contribution in [0.3, 0.4) is 0 Å². The summed E-state index contributed by atoms with van der Waals surface area (Å²) >= 11 is 0. The minimum absolute atomic E-state index is 0.101. The molecule has 1 saturated carbocycles. The lowest BCUT2D eigenvalue weighted by atomic mass is 10.1. The van der Waals surface area contributed by atoms with Crippen LogP contribution in [0, 0.1) is 0 Å². The van der Waals surface area contributed by atoms with Crippen LogP contribution < -0.4 is 10.6 Å². The van der Waals surface area contributed by atoms with Crippen molar-refractivity contribution in [3.63, 3.8) is 0 Å². The Morgan fingerprint density at radius 2 is 2.14 bits per heavy atom. The topological polar surface area (TPSA) is 41.1 Å². The second-order valence-electron chi connectivity index (χ2n) is 4.01. The molecular formula is C9H14F2N2O. The van der Waals surface area contributed by atoms with Crippen molar-refractivity contribution in [2.24, 2.45) is 0 Å². The minimum Gasteiger partial charge on any atom is -0.346 e. The molecule has 0 radical (unpaired) electrons. The van der Waals surface area contributed by atoms with Crippen molar-refractivity contribution in [3.8, 4) is 0 Å². The molecule has 2 atom stereocenters. The fourth-order valence-electron chi connectivity index (χ4n) is 1.89. The van der Waals surface area contributed by atoms with Gasteiger partial charge in [0.15, 0.2) is 0 Å². The molecule has 14 heavy (non-hydrogen) atoms. The highest BCUT2D eigenvalue weighted by Gasteiger charge is 2.45. The lowest BCUT2D eigenvalue weighted by Crippen LogP contribution is -2.57. The maximum atomic E-state index is 13.1. The van der Waals surface area contributed by atoms with Crippen LogP contribution in [0.4, 0.5) is 8.78 Å². The quantitative estimate of drug-likeness (QED) is 0.693. The first-order valence-electron chi connectivity index (χ1n) is 5.01. The van der Waals surface area contributed by atoms with Gasteiger partial charge in [0.25, 0.3) is 5.92 Å². The zero-order valence-electron chi connectivity index (χ0n) is 7.85. The summed E-state index contributed by atoms with van der Waals surface area (Å²) in [4.78, 5) is 11.4. The van der Waals surface area contributed by atoms with Crippen LogP contribution >= 0.6 is 0 Å². The van der Waals surface area contributed by atoms with Crippen LogP contribution in [0.2, 0.25) is 0 Å². The molecule has 5 heteroatoms. The zero-order chi connectivity index (χ0) is 10.2. The first-order valence-corrected chi connectivity index (χ1v) is 5.01. The molecular weight excluding hydrogens is 190 g/mol. The van der Waals surface area contributed by atoms with Crippen LogP contribution in [-0.2, 0) is 4.79 Å². The predicted octanol–water partition coefficient (Wildman–Crippen LogP) is 0.652. The summed E-state index contributed by atoms with van der Waals surface area (Å²) < 4.78 is 26.2. The van der Waals surface area contributed by atoms with Gasteiger partial charge in [-0.2, -0.15) is 0 Å². The number of hydrogen-bond acceptors (Lipinski definition) is 2. The van der Waals surface area contributed by atoms with Gasteiger partial charge in [-0.1, -0.05) is 0 Å². The number of hydrogen-bond donors (Lipinski definition) is 2. The second kappa shape index (κ2) is 3.46. The van der Waals surface area contributed by atoms with E-state index < -0.39 is 12.0 Å². The van der Waals surface area contributed by atoms with Gasteiger partial charge in [-0.05, 0) is 25.8 Å². The Bertz CT molecular complexity index is 241. The summed E-state index contributed by atoms with van der Waals surface area (Å²) in [5, 5.41) is 5.31. The van der Waals surface area contributed by atoms with Gasteiger partial charge in [-0.15, -0.1) is 0 Å². The molecule has 2 rings (SSSR count). The molecule has 1 aliphatic carbocycles. The van der Waals surface area contributed by atoms with Crippen molar-refractivity contribution in [2.45, 2.75) is 43.7 Å². The molecule has 0 aromatic carbocycles. The summed E-state index contributed by atoms with van der Waals surface area (Å²) in [7, 11) is 0. The predicted molar refractivity (Wildman–Crippen MR) is 47.1 cm³/mol. The maximum Gasteiger partial charge on any atom is 0.267 e. The van der Waals surface area contributed by atoms with Crippen LogP contribution in [-0.4, -0.2) is 30.5 Å². The molecule has 0 spiro atoms. The fraction of sp³-hybridized carbons (Fsp3) is 0.889. The van der Waals surface area contributed by atoms with Gasteiger partial charge in [-0.25, -0.2) is 8.78 Å². The van der Waals surface area contributed by atoms with E-state index in [4.69, 9.17) is 0 Å². The van der Waals surface area contributed by atoms with E-state index in [-0.39, 0.29) is 18.4 Å². The SMILES string of the molecule is O=C(NC1CCCC1(F)F)C1CCN1. The summed E-state index contributed by atoms with van der Waals surface area (Å²) in [5.74, 6) is -2.98. The Balaban J connectivity index is 1.87. The van der Waals surface area contributed by atoms with E-state index in [0.29, 0.717) is 12.8 Å². The van der Waals surface area contributed by atoms with Crippen molar-refractivity contribution < 1.29 is 13.6 Å². The Kier molecular flexibility index (Phi) is 2.43. The largest absolute Gasteiger partial charge is 0.346 e. The lowest BCUT2D eigenvalue weighted by Gasteiger charge is -2.29. The highest BCUT2D eigenvalue weighted by Crippen LogP contribution is 2.35. The molecule has 2 aliphatic rings. The molecule has 0 aromatic rings. The van der Waals surface area contributed by atoms with E-state index in [1.165, 1.54) is 0 Å². The van der Waals surface area contributed by atoms with E-state index in [2.05, 4.69) is 10.6 Å². The van der Waals surface area contributed by atoms with E-state index in [0.717, 1.165) is 13.0 Å². The van der Waals surface area contributed by atoms with Gasteiger partial charge in [0.1, 0.15) is 0 Å². The first-order chi connectivity index (χ1) is 6.59.